The van der Waals surface area contributed by atoms with Gasteiger partial charge in [-0.2, -0.15) is 5.10 Å². The van der Waals surface area contributed by atoms with Crippen molar-refractivity contribution < 1.29 is 4.74 Å². The highest BCUT2D eigenvalue weighted by Gasteiger charge is 2.19. The maximum atomic E-state index is 11.6. The summed E-state index contributed by atoms with van der Waals surface area (Å²) in [5.74, 6) is 0.923. The van der Waals surface area contributed by atoms with E-state index < -0.39 is 0 Å². The monoisotopic (exact) mass is 377 g/mol. The number of hydrogen-bond donors (Lipinski definition) is 2. The molecule has 1 fully saturated rings. The summed E-state index contributed by atoms with van der Waals surface area (Å²) in [6, 6.07) is 9.69. The smallest absolute Gasteiger partial charge is 0.287 e. The van der Waals surface area contributed by atoms with Crippen LogP contribution in [0.15, 0.2) is 35.1 Å². The molecule has 1 saturated heterocycles. The van der Waals surface area contributed by atoms with E-state index in [1.165, 1.54) is 0 Å². The lowest BCUT2D eigenvalue weighted by Crippen LogP contribution is -2.47. The van der Waals surface area contributed by atoms with Crippen molar-refractivity contribution in [2.75, 3.05) is 56.6 Å². The summed E-state index contributed by atoms with van der Waals surface area (Å²) in [6.45, 7) is 5.69. The van der Waals surface area contributed by atoms with Crippen LogP contribution in [0.3, 0.4) is 0 Å². The Bertz CT molecular complexity index is 774. The second kappa shape index (κ2) is 8.91. The highest BCUT2D eigenvalue weighted by Crippen LogP contribution is 2.28. The van der Waals surface area contributed by atoms with E-state index in [9.17, 15) is 4.79 Å². The molecule has 0 aliphatic carbocycles. The number of aromatic nitrogens is 2. The number of H-pyrrole nitrogens is 1. The number of para-hydroxylation sites is 2. The average Bonchev–Trinajstić information content (AvgIpc) is 2.68. The average molecular weight is 378 g/mol. The van der Waals surface area contributed by atoms with Gasteiger partial charge in [0.2, 0.25) is 0 Å². The van der Waals surface area contributed by atoms with Gasteiger partial charge in [0.25, 0.3) is 5.56 Å². The maximum absolute atomic E-state index is 11.6. The molecule has 2 heterocycles. The van der Waals surface area contributed by atoms with Crippen LogP contribution in [0.1, 0.15) is 6.42 Å². The van der Waals surface area contributed by atoms with Gasteiger partial charge in [0.05, 0.1) is 12.8 Å². The van der Waals surface area contributed by atoms with Crippen LogP contribution in [0.25, 0.3) is 0 Å². The van der Waals surface area contributed by atoms with Gasteiger partial charge < -0.3 is 15.0 Å². The minimum atomic E-state index is -0.250. The number of benzene rings is 1. The summed E-state index contributed by atoms with van der Waals surface area (Å²) in [6.07, 6.45) is 0.952. The van der Waals surface area contributed by atoms with Gasteiger partial charge >= 0.3 is 0 Å². The molecular formula is C18H24ClN5O2. The summed E-state index contributed by atoms with van der Waals surface area (Å²) in [5, 5.41) is 9.41. The van der Waals surface area contributed by atoms with Gasteiger partial charge in [0.15, 0.2) is 5.15 Å². The second-order valence-corrected chi connectivity index (χ2v) is 6.60. The van der Waals surface area contributed by atoms with E-state index in [0.29, 0.717) is 5.69 Å². The number of nitrogens with zero attached hydrogens (tertiary/aromatic N) is 3. The zero-order valence-electron chi connectivity index (χ0n) is 14.9. The van der Waals surface area contributed by atoms with Crippen LogP contribution in [0.2, 0.25) is 5.15 Å². The molecule has 2 N–H and O–H groups in total. The SMILES string of the molecule is COc1ccccc1N1CCN(CCCNc2cc(Cl)n[nH]c2=O)CC1. The van der Waals surface area contributed by atoms with Gasteiger partial charge in [0, 0.05) is 38.8 Å². The molecule has 140 valence electrons. The fourth-order valence-electron chi connectivity index (χ4n) is 3.14. The van der Waals surface area contributed by atoms with Gasteiger partial charge in [-0.25, -0.2) is 5.10 Å². The van der Waals surface area contributed by atoms with Crippen molar-refractivity contribution >= 4 is 23.0 Å². The number of aromatic amines is 1. The maximum Gasteiger partial charge on any atom is 0.287 e. The van der Waals surface area contributed by atoms with Crippen LogP contribution in [0.4, 0.5) is 11.4 Å². The highest BCUT2D eigenvalue weighted by molar-refractivity contribution is 6.29. The number of hydrogen-bond acceptors (Lipinski definition) is 6. The van der Waals surface area contributed by atoms with Crippen molar-refractivity contribution in [1.82, 2.24) is 15.1 Å². The Hall–Kier alpha value is -2.25. The Morgan fingerprint density at radius 1 is 1.27 bits per heavy atom. The van der Waals surface area contributed by atoms with Gasteiger partial charge in [0.1, 0.15) is 11.4 Å². The first-order valence-corrected chi connectivity index (χ1v) is 9.14. The van der Waals surface area contributed by atoms with Gasteiger partial charge in [-0.1, -0.05) is 23.7 Å². The van der Waals surface area contributed by atoms with Crippen LogP contribution >= 0.6 is 11.6 Å². The van der Waals surface area contributed by atoms with E-state index >= 15 is 0 Å². The Kier molecular flexibility index (Phi) is 6.35. The third-order valence-electron chi connectivity index (χ3n) is 4.54. The van der Waals surface area contributed by atoms with Crippen LogP contribution in [0.5, 0.6) is 5.75 Å². The Morgan fingerprint density at radius 3 is 2.81 bits per heavy atom. The first-order chi connectivity index (χ1) is 12.7. The lowest BCUT2D eigenvalue weighted by atomic mass is 10.2. The summed E-state index contributed by atoms with van der Waals surface area (Å²) in [7, 11) is 1.71. The molecule has 3 rings (SSSR count). The van der Waals surface area contributed by atoms with Gasteiger partial charge in [-0.3, -0.25) is 9.69 Å². The fourth-order valence-corrected chi connectivity index (χ4v) is 3.29. The number of ether oxygens (including phenoxy) is 1. The van der Waals surface area contributed by atoms with Crippen LogP contribution < -0.4 is 20.5 Å². The lowest BCUT2D eigenvalue weighted by Gasteiger charge is -2.36. The predicted molar refractivity (Wildman–Crippen MR) is 105 cm³/mol. The molecule has 0 saturated carbocycles. The number of nitrogens with one attached hydrogen (secondary N) is 2. The first-order valence-electron chi connectivity index (χ1n) is 8.77. The van der Waals surface area contributed by atoms with Crippen molar-refractivity contribution in [3.8, 4) is 5.75 Å². The van der Waals surface area contributed by atoms with Gasteiger partial charge in [-0.15, -0.1) is 0 Å². The van der Waals surface area contributed by atoms with Crippen LogP contribution in [-0.2, 0) is 0 Å². The molecule has 1 aliphatic heterocycles. The van der Waals surface area contributed by atoms with E-state index in [-0.39, 0.29) is 10.7 Å². The highest BCUT2D eigenvalue weighted by atomic mass is 35.5. The Balaban J connectivity index is 1.42. The zero-order valence-corrected chi connectivity index (χ0v) is 15.6. The van der Waals surface area contributed by atoms with Crippen LogP contribution in [-0.4, -0.2) is 61.5 Å². The molecule has 7 nitrogen and oxygen atoms in total. The summed E-state index contributed by atoms with van der Waals surface area (Å²) >= 11 is 5.79. The van der Waals surface area contributed by atoms with Crippen LogP contribution in [0, 0.1) is 0 Å². The Morgan fingerprint density at radius 2 is 2.04 bits per heavy atom. The number of methoxy groups -OCH3 is 1. The second-order valence-electron chi connectivity index (χ2n) is 6.21. The number of anilines is 2. The van der Waals surface area contributed by atoms with Crippen molar-refractivity contribution in [1.29, 1.82) is 0 Å². The third-order valence-corrected chi connectivity index (χ3v) is 4.73. The van der Waals surface area contributed by atoms with Crippen molar-refractivity contribution in [3.05, 3.63) is 45.8 Å². The van der Waals surface area contributed by atoms with E-state index in [4.69, 9.17) is 16.3 Å². The van der Waals surface area contributed by atoms with E-state index in [2.05, 4.69) is 31.4 Å². The fraction of sp³-hybridized carbons (Fsp3) is 0.444. The number of halogens is 1. The Labute approximate surface area is 157 Å². The molecule has 1 aromatic carbocycles. The lowest BCUT2D eigenvalue weighted by molar-refractivity contribution is 0.256. The zero-order chi connectivity index (χ0) is 18.4. The molecule has 0 atom stereocenters. The molecular weight excluding hydrogens is 354 g/mol. The normalized spacial score (nSPS) is 15.1. The molecule has 26 heavy (non-hydrogen) atoms. The quantitative estimate of drug-likeness (QED) is 0.719. The summed E-state index contributed by atoms with van der Waals surface area (Å²) in [4.78, 5) is 16.4. The van der Waals surface area contributed by atoms with E-state index in [0.717, 1.165) is 57.1 Å². The summed E-state index contributed by atoms with van der Waals surface area (Å²) in [5.41, 5.74) is 1.37. The predicted octanol–water partition coefficient (Wildman–Crippen LogP) is 2.06. The molecule has 0 amide bonds. The van der Waals surface area contributed by atoms with Crippen molar-refractivity contribution in [2.45, 2.75) is 6.42 Å². The molecule has 0 radical (unpaired) electrons. The van der Waals surface area contributed by atoms with Crippen molar-refractivity contribution in [2.24, 2.45) is 0 Å². The van der Waals surface area contributed by atoms with Crippen molar-refractivity contribution in [3.63, 3.8) is 0 Å². The standard InChI is InChI=1S/C18H24ClN5O2/c1-26-16-6-3-2-5-15(16)24-11-9-23(10-12-24)8-4-7-20-14-13-17(19)21-22-18(14)25/h2-3,5-6,13H,4,7-12H2,1H3,(H,20,21)(H,22,25). The number of rotatable bonds is 7. The topological polar surface area (TPSA) is 73.5 Å². The summed E-state index contributed by atoms with van der Waals surface area (Å²) < 4.78 is 5.46. The number of piperazine rings is 1. The minimum Gasteiger partial charge on any atom is -0.495 e. The van der Waals surface area contributed by atoms with E-state index in [1.54, 1.807) is 13.2 Å². The van der Waals surface area contributed by atoms with Gasteiger partial charge in [-0.05, 0) is 25.1 Å². The largest absolute Gasteiger partial charge is 0.495 e. The molecule has 0 bridgehead atoms. The first kappa shape index (κ1) is 18.5. The molecule has 1 aliphatic rings. The molecule has 1 aromatic heterocycles. The molecule has 0 spiro atoms. The minimum absolute atomic E-state index is 0.250. The molecule has 8 heteroatoms. The molecule has 2 aromatic rings. The molecule has 0 unspecified atom stereocenters. The van der Waals surface area contributed by atoms with E-state index in [1.807, 2.05) is 18.2 Å². The third kappa shape index (κ3) is 4.68.